The van der Waals surface area contributed by atoms with E-state index in [9.17, 15) is 9.59 Å². The first-order chi connectivity index (χ1) is 8.69. The minimum Gasteiger partial charge on any atom is -0.463 e. The van der Waals surface area contributed by atoms with Crippen molar-refractivity contribution >= 4 is 12.1 Å². The number of methoxy groups -OCH3 is 1. The van der Waals surface area contributed by atoms with Crippen LogP contribution in [0.15, 0.2) is 0 Å². The van der Waals surface area contributed by atoms with Crippen LogP contribution in [-0.4, -0.2) is 32.3 Å². The van der Waals surface area contributed by atoms with Gasteiger partial charge in [0.2, 0.25) is 0 Å². The highest BCUT2D eigenvalue weighted by Crippen LogP contribution is 2.43. The quantitative estimate of drug-likeness (QED) is 0.597. The van der Waals surface area contributed by atoms with Crippen LogP contribution in [0.2, 0.25) is 0 Å². The summed E-state index contributed by atoms with van der Waals surface area (Å²) in [5.41, 5.74) is -0.692. The lowest BCUT2D eigenvalue weighted by atomic mass is 9.65. The molecular formula is C14H27NO4. The maximum absolute atomic E-state index is 12.2. The van der Waals surface area contributed by atoms with E-state index >= 15 is 0 Å². The Labute approximate surface area is 116 Å². The van der Waals surface area contributed by atoms with Crippen molar-refractivity contribution < 1.29 is 19.1 Å². The van der Waals surface area contributed by atoms with E-state index in [4.69, 9.17) is 4.74 Å². The normalized spacial score (nSPS) is 14.4. The summed E-state index contributed by atoms with van der Waals surface area (Å²) in [6.07, 6.45) is 1.17. The number of hydrogen-bond acceptors (Lipinski definition) is 4. The van der Waals surface area contributed by atoms with Gasteiger partial charge >= 0.3 is 12.1 Å². The van der Waals surface area contributed by atoms with Gasteiger partial charge in [-0.15, -0.1) is 0 Å². The lowest BCUT2D eigenvalue weighted by Gasteiger charge is -2.39. The summed E-state index contributed by atoms with van der Waals surface area (Å²) in [6.45, 7) is 10.5. The minimum absolute atomic E-state index is 0.156. The molecule has 0 aliphatic heterocycles. The number of ether oxygens (including phenoxy) is 2. The number of amides is 1. The summed E-state index contributed by atoms with van der Waals surface area (Å²) in [4.78, 5) is 23.1. The number of rotatable bonds is 6. The van der Waals surface area contributed by atoms with Crippen molar-refractivity contribution in [1.82, 2.24) is 5.32 Å². The fraction of sp³-hybridized carbons (Fsp3) is 0.857. The van der Waals surface area contributed by atoms with Crippen LogP contribution >= 0.6 is 0 Å². The van der Waals surface area contributed by atoms with Gasteiger partial charge in [-0.1, -0.05) is 34.1 Å². The minimum atomic E-state index is -0.525. The molecule has 0 radical (unpaired) electrons. The van der Waals surface area contributed by atoms with Crippen molar-refractivity contribution in [2.75, 3.05) is 20.3 Å². The number of esters is 1. The second-order valence-corrected chi connectivity index (χ2v) is 5.89. The standard InChI is InChI=1S/C14H27NO4/c1-7-8-14(5,13(2,3)4)11(16)19-10-9-15-12(17)18-6/h7-10H2,1-6H3,(H,15,17). The molecule has 1 unspecified atom stereocenters. The SMILES string of the molecule is CCCC(C)(C(=O)OCCNC(=O)OC)C(C)(C)C. The van der Waals surface area contributed by atoms with E-state index in [1.54, 1.807) is 0 Å². The molecule has 112 valence electrons. The Hall–Kier alpha value is -1.26. The van der Waals surface area contributed by atoms with Gasteiger partial charge in [0.25, 0.3) is 0 Å². The molecule has 5 nitrogen and oxygen atoms in total. The Morgan fingerprint density at radius 3 is 2.16 bits per heavy atom. The third kappa shape index (κ3) is 5.09. The van der Waals surface area contributed by atoms with Crippen molar-refractivity contribution in [3.63, 3.8) is 0 Å². The van der Waals surface area contributed by atoms with Crippen molar-refractivity contribution in [2.45, 2.75) is 47.5 Å². The summed E-state index contributed by atoms with van der Waals surface area (Å²) in [5, 5.41) is 2.47. The van der Waals surface area contributed by atoms with E-state index < -0.39 is 11.5 Å². The van der Waals surface area contributed by atoms with Crippen molar-refractivity contribution in [1.29, 1.82) is 0 Å². The molecule has 0 aliphatic rings. The first kappa shape index (κ1) is 17.7. The molecule has 0 aliphatic carbocycles. The number of hydrogen-bond donors (Lipinski definition) is 1. The van der Waals surface area contributed by atoms with Crippen LogP contribution in [0.3, 0.4) is 0 Å². The highest BCUT2D eigenvalue weighted by Gasteiger charge is 2.44. The molecule has 0 spiro atoms. The molecule has 0 aromatic rings. The molecule has 0 saturated carbocycles. The van der Waals surface area contributed by atoms with Crippen molar-refractivity contribution in [3.05, 3.63) is 0 Å². The second-order valence-electron chi connectivity index (χ2n) is 5.89. The molecule has 0 fully saturated rings. The molecule has 0 rings (SSSR count). The molecular weight excluding hydrogens is 246 g/mol. The van der Waals surface area contributed by atoms with Gasteiger partial charge in [0.15, 0.2) is 0 Å². The number of nitrogens with one attached hydrogen (secondary N) is 1. The summed E-state index contributed by atoms with van der Waals surface area (Å²) < 4.78 is 9.70. The third-order valence-electron chi connectivity index (χ3n) is 3.65. The zero-order valence-corrected chi connectivity index (χ0v) is 13.0. The van der Waals surface area contributed by atoms with E-state index in [-0.39, 0.29) is 24.5 Å². The van der Waals surface area contributed by atoms with Crippen molar-refractivity contribution in [2.24, 2.45) is 10.8 Å². The zero-order chi connectivity index (χ0) is 15.1. The summed E-state index contributed by atoms with van der Waals surface area (Å²) >= 11 is 0. The predicted octanol–water partition coefficient (Wildman–Crippen LogP) is 2.74. The Bertz CT molecular complexity index is 309. The Morgan fingerprint density at radius 1 is 1.16 bits per heavy atom. The van der Waals surface area contributed by atoms with Crippen LogP contribution in [0.25, 0.3) is 0 Å². The first-order valence-corrected chi connectivity index (χ1v) is 6.68. The maximum atomic E-state index is 12.2. The van der Waals surface area contributed by atoms with E-state index in [2.05, 4.69) is 17.0 Å². The molecule has 1 amide bonds. The molecule has 0 saturated heterocycles. The smallest absolute Gasteiger partial charge is 0.406 e. The third-order valence-corrected chi connectivity index (χ3v) is 3.65. The van der Waals surface area contributed by atoms with Gasteiger partial charge in [-0.25, -0.2) is 4.79 Å². The lowest BCUT2D eigenvalue weighted by molar-refractivity contribution is -0.162. The van der Waals surface area contributed by atoms with E-state index in [0.717, 1.165) is 12.8 Å². The molecule has 1 atom stereocenters. The Morgan fingerprint density at radius 2 is 1.74 bits per heavy atom. The second kappa shape index (κ2) is 7.36. The van der Waals surface area contributed by atoms with Gasteiger partial charge in [0.05, 0.1) is 19.1 Å². The molecule has 19 heavy (non-hydrogen) atoms. The van der Waals surface area contributed by atoms with Gasteiger partial charge in [-0.3, -0.25) is 4.79 Å². The summed E-state index contributed by atoms with van der Waals surface area (Å²) in [5.74, 6) is -0.214. The Kier molecular flexibility index (Phi) is 6.87. The molecule has 1 N–H and O–H groups in total. The summed E-state index contributed by atoms with van der Waals surface area (Å²) in [7, 11) is 1.29. The first-order valence-electron chi connectivity index (χ1n) is 6.68. The van der Waals surface area contributed by atoms with Gasteiger partial charge in [-0.2, -0.15) is 0 Å². The predicted molar refractivity (Wildman–Crippen MR) is 73.8 cm³/mol. The fourth-order valence-electron chi connectivity index (χ4n) is 1.81. The van der Waals surface area contributed by atoms with Gasteiger partial charge in [0.1, 0.15) is 6.61 Å². The highest BCUT2D eigenvalue weighted by molar-refractivity contribution is 5.77. The highest BCUT2D eigenvalue weighted by atomic mass is 16.5. The molecule has 0 aromatic heterocycles. The van der Waals surface area contributed by atoms with Crippen molar-refractivity contribution in [3.8, 4) is 0 Å². The van der Waals surface area contributed by atoms with Gasteiger partial charge in [0, 0.05) is 0 Å². The molecule has 5 heteroatoms. The summed E-state index contributed by atoms with van der Waals surface area (Å²) in [6, 6.07) is 0. The topological polar surface area (TPSA) is 64.6 Å². The van der Waals surface area contributed by atoms with Crippen LogP contribution < -0.4 is 5.32 Å². The van der Waals surface area contributed by atoms with Crippen LogP contribution in [0.4, 0.5) is 4.79 Å². The monoisotopic (exact) mass is 273 g/mol. The average molecular weight is 273 g/mol. The Balaban J connectivity index is 4.40. The van der Waals surface area contributed by atoms with E-state index in [0.29, 0.717) is 0 Å². The van der Waals surface area contributed by atoms with Gasteiger partial charge in [-0.05, 0) is 18.8 Å². The zero-order valence-electron chi connectivity index (χ0n) is 13.0. The average Bonchev–Trinajstić information content (AvgIpc) is 2.32. The maximum Gasteiger partial charge on any atom is 0.406 e. The molecule has 0 heterocycles. The van der Waals surface area contributed by atoms with Crippen LogP contribution in [0.5, 0.6) is 0 Å². The number of carbonyl (C=O) groups excluding carboxylic acids is 2. The lowest BCUT2D eigenvalue weighted by Crippen LogP contribution is -2.42. The number of alkyl carbamates (subject to hydrolysis) is 1. The molecule has 0 bridgehead atoms. The largest absolute Gasteiger partial charge is 0.463 e. The van der Waals surface area contributed by atoms with Crippen LogP contribution in [0, 0.1) is 10.8 Å². The number of carbonyl (C=O) groups is 2. The van der Waals surface area contributed by atoms with Crippen LogP contribution in [0.1, 0.15) is 47.5 Å². The fourth-order valence-corrected chi connectivity index (χ4v) is 1.81. The van der Waals surface area contributed by atoms with E-state index in [1.165, 1.54) is 7.11 Å². The van der Waals surface area contributed by atoms with Crippen LogP contribution in [-0.2, 0) is 14.3 Å². The van der Waals surface area contributed by atoms with Gasteiger partial charge < -0.3 is 14.8 Å². The van der Waals surface area contributed by atoms with E-state index in [1.807, 2.05) is 27.7 Å². The molecule has 0 aromatic carbocycles.